The van der Waals surface area contributed by atoms with E-state index in [1.54, 1.807) is 0 Å². The quantitative estimate of drug-likeness (QED) is 0.472. The molecule has 0 spiro atoms. The lowest BCUT2D eigenvalue weighted by Gasteiger charge is -2.17. The second kappa shape index (κ2) is 4.95. The van der Waals surface area contributed by atoms with Gasteiger partial charge in [0.1, 0.15) is 0 Å². The van der Waals surface area contributed by atoms with Gasteiger partial charge in [0, 0.05) is 0 Å². The summed E-state index contributed by atoms with van der Waals surface area (Å²) in [5.41, 5.74) is 0. The van der Waals surface area contributed by atoms with Crippen LogP contribution in [0.15, 0.2) is 0 Å². The topological polar surface area (TPSA) is 75.6 Å². The van der Waals surface area contributed by atoms with E-state index >= 15 is 0 Å². The number of rotatable bonds is 4. The second-order valence-electron chi connectivity index (χ2n) is 3.50. The van der Waals surface area contributed by atoms with Gasteiger partial charge in [-0.25, -0.2) is 0 Å². The van der Waals surface area contributed by atoms with Crippen molar-refractivity contribution < 1.29 is 19.4 Å². The fourth-order valence-corrected chi connectivity index (χ4v) is 1.85. The van der Waals surface area contributed by atoms with E-state index in [0.717, 1.165) is 6.42 Å². The Hall–Kier alpha value is -1.10. The molecule has 0 aliphatic heterocycles. The Morgan fingerprint density at radius 1 is 1.64 bits per heavy atom. The van der Waals surface area contributed by atoms with Gasteiger partial charge in [-0.05, 0) is 18.8 Å². The number of amides is 1. The molecule has 0 aromatic heterocycles. The number of carbonyl (C=O) groups excluding carboxylic acids is 2. The van der Waals surface area contributed by atoms with Gasteiger partial charge in [-0.15, -0.1) is 0 Å². The SMILES string of the molecule is COC(=O)CC1CCC(NC=O)C1O. The molecule has 2 N–H and O–H groups in total. The third kappa shape index (κ3) is 2.45. The maximum Gasteiger partial charge on any atom is 0.305 e. The van der Waals surface area contributed by atoms with Crippen molar-refractivity contribution in [3.63, 3.8) is 0 Å². The van der Waals surface area contributed by atoms with Crippen LogP contribution in [-0.4, -0.2) is 36.7 Å². The average Bonchev–Trinajstić information content (AvgIpc) is 2.50. The summed E-state index contributed by atoms with van der Waals surface area (Å²) in [5, 5.41) is 12.2. The van der Waals surface area contributed by atoms with Crippen LogP contribution in [0.25, 0.3) is 0 Å². The lowest BCUT2D eigenvalue weighted by atomic mass is 10.0. The van der Waals surface area contributed by atoms with E-state index in [2.05, 4.69) is 10.1 Å². The Kier molecular flexibility index (Phi) is 3.88. The number of nitrogens with one attached hydrogen (secondary N) is 1. The third-order valence-corrected chi connectivity index (χ3v) is 2.68. The molecule has 1 saturated carbocycles. The van der Waals surface area contributed by atoms with Crippen LogP contribution in [0.5, 0.6) is 0 Å². The number of methoxy groups -OCH3 is 1. The van der Waals surface area contributed by atoms with E-state index in [-0.39, 0.29) is 24.3 Å². The lowest BCUT2D eigenvalue weighted by Crippen LogP contribution is -2.37. The molecule has 1 fully saturated rings. The van der Waals surface area contributed by atoms with Gasteiger partial charge in [0.2, 0.25) is 6.41 Å². The normalized spacial score (nSPS) is 31.1. The molecule has 0 heterocycles. The highest BCUT2D eigenvalue weighted by Gasteiger charge is 2.35. The molecule has 1 aliphatic carbocycles. The molecule has 1 aliphatic rings. The van der Waals surface area contributed by atoms with Crippen molar-refractivity contribution in [2.75, 3.05) is 7.11 Å². The second-order valence-corrected chi connectivity index (χ2v) is 3.50. The summed E-state index contributed by atoms with van der Waals surface area (Å²) in [6.07, 6.45) is 1.60. The molecule has 5 nitrogen and oxygen atoms in total. The molecule has 3 atom stereocenters. The molecule has 3 unspecified atom stereocenters. The molecule has 0 saturated heterocycles. The van der Waals surface area contributed by atoms with Crippen molar-refractivity contribution in [2.24, 2.45) is 5.92 Å². The van der Waals surface area contributed by atoms with Crippen LogP contribution in [-0.2, 0) is 14.3 Å². The molecule has 14 heavy (non-hydrogen) atoms. The monoisotopic (exact) mass is 201 g/mol. The van der Waals surface area contributed by atoms with Crippen LogP contribution in [0, 0.1) is 5.92 Å². The molecule has 80 valence electrons. The standard InChI is InChI=1S/C9H15NO4/c1-14-8(12)4-6-2-3-7(9(6)13)10-5-11/h5-7,9,13H,2-4H2,1H3,(H,10,11). The summed E-state index contributed by atoms with van der Waals surface area (Å²) >= 11 is 0. The van der Waals surface area contributed by atoms with Crippen molar-refractivity contribution in [3.8, 4) is 0 Å². The molecular weight excluding hydrogens is 186 g/mol. The maximum absolute atomic E-state index is 11.0. The van der Waals surface area contributed by atoms with Gasteiger partial charge < -0.3 is 15.2 Å². The maximum atomic E-state index is 11.0. The molecule has 1 rings (SSSR count). The van der Waals surface area contributed by atoms with Gasteiger partial charge in [-0.2, -0.15) is 0 Å². The molecule has 0 aromatic rings. The smallest absolute Gasteiger partial charge is 0.305 e. The largest absolute Gasteiger partial charge is 0.469 e. The van der Waals surface area contributed by atoms with E-state index in [4.69, 9.17) is 0 Å². The first-order chi connectivity index (χ1) is 6.69. The van der Waals surface area contributed by atoms with Crippen LogP contribution in [0.2, 0.25) is 0 Å². The van der Waals surface area contributed by atoms with Crippen LogP contribution >= 0.6 is 0 Å². The van der Waals surface area contributed by atoms with Crippen LogP contribution < -0.4 is 5.32 Å². The predicted octanol–water partition coefficient (Wildman–Crippen LogP) is -0.565. The number of aliphatic hydroxyl groups is 1. The van der Waals surface area contributed by atoms with Gasteiger partial charge in [-0.3, -0.25) is 9.59 Å². The van der Waals surface area contributed by atoms with Crippen LogP contribution in [0.1, 0.15) is 19.3 Å². The van der Waals surface area contributed by atoms with Gasteiger partial charge in [-0.1, -0.05) is 0 Å². The van der Waals surface area contributed by atoms with Gasteiger partial charge in [0.05, 0.1) is 25.7 Å². The van der Waals surface area contributed by atoms with Crippen molar-refractivity contribution in [2.45, 2.75) is 31.4 Å². The van der Waals surface area contributed by atoms with E-state index in [1.807, 2.05) is 0 Å². The summed E-state index contributed by atoms with van der Waals surface area (Å²) in [7, 11) is 1.32. The van der Waals surface area contributed by atoms with E-state index in [9.17, 15) is 14.7 Å². The average molecular weight is 201 g/mol. The number of hydrogen-bond donors (Lipinski definition) is 2. The Bertz CT molecular complexity index is 219. The first-order valence-corrected chi connectivity index (χ1v) is 4.63. The van der Waals surface area contributed by atoms with E-state index < -0.39 is 6.10 Å². The highest BCUT2D eigenvalue weighted by Crippen LogP contribution is 2.28. The zero-order valence-electron chi connectivity index (χ0n) is 8.10. The highest BCUT2D eigenvalue weighted by molar-refractivity contribution is 5.69. The van der Waals surface area contributed by atoms with Crippen molar-refractivity contribution >= 4 is 12.4 Å². The Morgan fingerprint density at radius 3 is 2.93 bits per heavy atom. The fourth-order valence-electron chi connectivity index (χ4n) is 1.85. The van der Waals surface area contributed by atoms with Gasteiger partial charge in [0.25, 0.3) is 0 Å². The molecule has 0 radical (unpaired) electrons. The zero-order valence-corrected chi connectivity index (χ0v) is 8.10. The number of esters is 1. The molecule has 1 amide bonds. The molecule has 0 bridgehead atoms. The predicted molar refractivity (Wildman–Crippen MR) is 48.4 cm³/mol. The minimum Gasteiger partial charge on any atom is -0.469 e. The fraction of sp³-hybridized carbons (Fsp3) is 0.778. The molecule has 5 heteroatoms. The van der Waals surface area contributed by atoms with Crippen LogP contribution in [0.4, 0.5) is 0 Å². The van der Waals surface area contributed by atoms with E-state index in [0.29, 0.717) is 12.8 Å². The zero-order chi connectivity index (χ0) is 10.6. The molecule has 0 aromatic carbocycles. The van der Waals surface area contributed by atoms with Crippen LogP contribution in [0.3, 0.4) is 0 Å². The van der Waals surface area contributed by atoms with Crippen molar-refractivity contribution in [3.05, 3.63) is 0 Å². The van der Waals surface area contributed by atoms with E-state index in [1.165, 1.54) is 7.11 Å². The molecular formula is C9H15NO4. The summed E-state index contributed by atoms with van der Waals surface area (Å²) in [4.78, 5) is 21.1. The lowest BCUT2D eigenvalue weighted by molar-refractivity contribution is -0.142. The summed E-state index contributed by atoms with van der Waals surface area (Å²) in [6, 6.07) is -0.220. The highest BCUT2D eigenvalue weighted by atomic mass is 16.5. The Labute approximate surface area is 82.4 Å². The number of carbonyl (C=O) groups is 2. The number of aliphatic hydroxyl groups excluding tert-OH is 1. The summed E-state index contributed by atoms with van der Waals surface area (Å²) in [6.45, 7) is 0. The number of ether oxygens (including phenoxy) is 1. The number of hydrogen-bond acceptors (Lipinski definition) is 4. The Balaban J connectivity index is 2.42. The third-order valence-electron chi connectivity index (χ3n) is 2.68. The minimum absolute atomic E-state index is 0.0973. The Morgan fingerprint density at radius 2 is 2.36 bits per heavy atom. The summed E-state index contributed by atoms with van der Waals surface area (Å²) in [5.74, 6) is -0.416. The van der Waals surface area contributed by atoms with Crippen molar-refractivity contribution in [1.82, 2.24) is 5.32 Å². The first-order valence-electron chi connectivity index (χ1n) is 4.63. The van der Waals surface area contributed by atoms with Gasteiger partial charge >= 0.3 is 5.97 Å². The van der Waals surface area contributed by atoms with Gasteiger partial charge in [0.15, 0.2) is 0 Å². The first kappa shape index (κ1) is 11.0. The minimum atomic E-state index is -0.640. The van der Waals surface area contributed by atoms with Crippen molar-refractivity contribution in [1.29, 1.82) is 0 Å². The summed E-state index contributed by atoms with van der Waals surface area (Å²) < 4.78 is 4.52.